The van der Waals surface area contributed by atoms with Crippen LogP contribution in [-0.4, -0.2) is 10.9 Å². The number of benzene rings is 1. The molecule has 0 aliphatic heterocycles. The summed E-state index contributed by atoms with van der Waals surface area (Å²) >= 11 is 7.54. The summed E-state index contributed by atoms with van der Waals surface area (Å²) in [5.41, 5.74) is 1.15. The van der Waals surface area contributed by atoms with Gasteiger partial charge in [0.15, 0.2) is 5.13 Å². The molecular weight excluding hydrogens is 316 g/mol. The maximum Gasteiger partial charge on any atom is 0.229 e. The molecule has 1 amide bonds. The fourth-order valence-corrected chi connectivity index (χ4v) is 3.93. The number of anilines is 1. The summed E-state index contributed by atoms with van der Waals surface area (Å²) in [6.07, 6.45) is 8.22. The molecule has 1 aromatic heterocycles. The number of halogens is 1. The molecule has 22 heavy (non-hydrogen) atoms. The van der Waals surface area contributed by atoms with E-state index in [1.807, 2.05) is 30.5 Å². The third kappa shape index (κ3) is 4.08. The van der Waals surface area contributed by atoms with Gasteiger partial charge in [-0.2, -0.15) is 0 Å². The number of thiazole rings is 1. The van der Waals surface area contributed by atoms with E-state index >= 15 is 0 Å². The summed E-state index contributed by atoms with van der Waals surface area (Å²) in [4.78, 5) is 17.7. The predicted molar refractivity (Wildman–Crippen MR) is 91.6 cm³/mol. The van der Waals surface area contributed by atoms with Crippen molar-refractivity contribution < 1.29 is 4.79 Å². The van der Waals surface area contributed by atoms with Crippen LogP contribution >= 0.6 is 22.9 Å². The summed E-state index contributed by atoms with van der Waals surface area (Å²) in [5, 5.41) is 4.42. The Balaban J connectivity index is 1.60. The molecule has 1 aliphatic rings. The molecule has 0 spiro atoms. The predicted octanol–water partition coefficient (Wildman–Crippen LogP) is 4.91. The monoisotopic (exact) mass is 334 g/mol. The molecule has 0 unspecified atom stereocenters. The average Bonchev–Trinajstić information content (AvgIpc) is 2.95. The molecule has 3 rings (SSSR count). The fraction of sp³-hybridized carbons (Fsp3) is 0.412. The largest absolute Gasteiger partial charge is 0.302 e. The van der Waals surface area contributed by atoms with Gasteiger partial charge in [-0.15, -0.1) is 11.3 Å². The highest BCUT2D eigenvalue weighted by molar-refractivity contribution is 7.15. The summed E-state index contributed by atoms with van der Waals surface area (Å²) in [6.45, 7) is 0. The Bertz CT molecular complexity index is 650. The molecule has 1 aliphatic carbocycles. The Labute approximate surface area is 139 Å². The quantitative estimate of drug-likeness (QED) is 0.863. The van der Waals surface area contributed by atoms with Crippen molar-refractivity contribution >= 4 is 34.0 Å². The van der Waals surface area contributed by atoms with Crippen LogP contribution in [0.2, 0.25) is 5.02 Å². The number of amides is 1. The third-order valence-corrected chi connectivity index (χ3v) is 5.17. The number of aromatic nitrogens is 1. The summed E-state index contributed by atoms with van der Waals surface area (Å²) in [6, 6.07) is 7.82. The van der Waals surface area contributed by atoms with E-state index in [4.69, 9.17) is 11.6 Å². The van der Waals surface area contributed by atoms with Gasteiger partial charge < -0.3 is 5.32 Å². The van der Waals surface area contributed by atoms with E-state index in [-0.39, 0.29) is 11.8 Å². The van der Waals surface area contributed by atoms with Crippen LogP contribution in [0.15, 0.2) is 30.5 Å². The van der Waals surface area contributed by atoms with Gasteiger partial charge in [0.2, 0.25) is 5.91 Å². The zero-order valence-corrected chi connectivity index (χ0v) is 13.9. The van der Waals surface area contributed by atoms with E-state index < -0.39 is 0 Å². The average molecular weight is 335 g/mol. The maximum absolute atomic E-state index is 12.2. The molecule has 2 aromatic rings. The van der Waals surface area contributed by atoms with Crippen molar-refractivity contribution in [3.8, 4) is 0 Å². The highest BCUT2D eigenvalue weighted by atomic mass is 35.5. The molecule has 0 saturated heterocycles. The second-order valence-electron chi connectivity index (χ2n) is 5.76. The SMILES string of the molecule is O=C(Nc1ncc(Cc2cccc(Cl)c2)s1)C1CCCCC1. The lowest BCUT2D eigenvalue weighted by atomic mass is 9.89. The van der Waals surface area contributed by atoms with Crippen LogP contribution in [0, 0.1) is 5.92 Å². The first-order valence-electron chi connectivity index (χ1n) is 7.71. The van der Waals surface area contributed by atoms with Crippen molar-refractivity contribution in [1.29, 1.82) is 0 Å². The highest BCUT2D eigenvalue weighted by Gasteiger charge is 2.21. The Morgan fingerprint density at radius 3 is 2.91 bits per heavy atom. The van der Waals surface area contributed by atoms with E-state index in [9.17, 15) is 4.79 Å². The third-order valence-electron chi connectivity index (χ3n) is 4.03. The zero-order chi connectivity index (χ0) is 15.4. The minimum Gasteiger partial charge on any atom is -0.302 e. The zero-order valence-electron chi connectivity index (χ0n) is 12.3. The lowest BCUT2D eigenvalue weighted by molar-refractivity contribution is -0.120. The number of hydrogen-bond donors (Lipinski definition) is 1. The Hall–Kier alpha value is -1.39. The first-order valence-corrected chi connectivity index (χ1v) is 8.90. The topological polar surface area (TPSA) is 42.0 Å². The lowest BCUT2D eigenvalue weighted by Crippen LogP contribution is -2.24. The van der Waals surface area contributed by atoms with Crippen molar-refractivity contribution in [3.63, 3.8) is 0 Å². The molecule has 0 atom stereocenters. The molecular formula is C17H19ClN2OS. The standard InChI is InChI=1S/C17H19ClN2OS/c18-14-8-4-5-12(9-14)10-15-11-19-17(22-15)20-16(21)13-6-2-1-3-7-13/h4-5,8-9,11,13H,1-3,6-7,10H2,(H,19,20,21). The lowest BCUT2D eigenvalue weighted by Gasteiger charge is -2.19. The van der Waals surface area contributed by atoms with E-state index in [2.05, 4.69) is 10.3 Å². The Morgan fingerprint density at radius 1 is 1.32 bits per heavy atom. The number of nitrogens with zero attached hydrogens (tertiary/aromatic N) is 1. The molecule has 1 saturated carbocycles. The summed E-state index contributed by atoms with van der Waals surface area (Å²) in [7, 11) is 0. The second-order valence-corrected chi connectivity index (χ2v) is 7.31. The molecule has 3 nitrogen and oxygen atoms in total. The van der Waals surface area contributed by atoms with Gasteiger partial charge in [-0.3, -0.25) is 4.79 Å². The van der Waals surface area contributed by atoms with Crippen molar-refractivity contribution in [3.05, 3.63) is 45.9 Å². The van der Waals surface area contributed by atoms with Crippen LogP contribution in [0.1, 0.15) is 42.5 Å². The van der Waals surface area contributed by atoms with E-state index in [0.717, 1.165) is 47.6 Å². The number of carbonyl (C=O) groups excluding carboxylic acids is 1. The fourth-order valence-electron chi connectivity index (χ4n) is 2.87. The molecule has 1 fully saturated rings. The molecule has 1 aromatic carbocycles. The highest BCUT2D eigenvalue weighted by Crippen LogP contribution is 2.27. The van der Waals surface area contributed by atoms with Gasteiger partial charge in [0.25, 0.3) is 0 Å². The van der Waals surface area contributed by atoms with Gasteiger partial charge in [0, 0.05) is 28.4 Å². The molecule has 1 N–H and O–H groups in total. The smallest absolute Gasteiger partial charge is 0.229 e. The maximum atomic E-state index is 12.2. The van der Waals surface area contributed by atoms with Crippen LogP contribution < -0.4 is 5.32 Å². The molecule has 116 valence electrons. The first-order chi connectivity index (χ1) is 10.7. The van der Waals surface area contributed by atoms with Gasteiger partial charge in [0.05, 0.1) is 0 Å². The van der Waals surface area contributed by atoms with Crippen LogP contribution in [0.25, 0.3) is 0 Å². The summed E-state index contributed by atoms with van der Waals surface area (Å²) in [5.74, 6) is 0.289. The van der Waals surface area contributed by atoms with Crippen molar-refractivity contribution in [2.24, 2.45) is 5.92 Å². The summed E-state index contributed by atoms with van der Waals surface area (Å²) < 4.78 is 0. The molecule has 0 radical (unpaired) electrons. The van der Waals surface area contributed by atoms with Crippen LogP contribution in [0.3, 0.4) is 0 Å². The van der Waals surface area contributed by atoms with Gasteiger partial charge in [0.1, 0.15) is 0 Å². The Morgan fingerprint density at radius 2 is 2.14 bits per heavy atom. The molecule has 0 bridgehead atoms. The van der Waals surface area contributed by atoms with Crippen LogP contribution in [0.4, 0.5) is 5.13 Å². The first kappa shape index (κ1) is 15.5. The van der Waals surface area contributed by atoms with Crippen molar-refractivity contribution in [1.82, 2.24) is 4.98 Å². The van der Waals surface area contributed by atoms with Crippen LogP contribution in [-0.2, 0) is 11.2 Å². The van der Waals surface area contributed by atoms with Gasteiger partial charge in [-0.05, 0) is 30.5 Å². The van der Waals surface area contributed by atoms with Gasteiger partial charge >= 0.3 is 0 Å². The van der Waals surface area contributed by atoms with Crippen molar-refractivity contribution in [2.45, 2.75) is 38.5 Å². The minimum atomic E-state index is 0.128. The van der Waals surface area contributed by atoms with Crippen LogP contribution in [0.5, 0.6) is 0 Å². The van der Waals surface area contributed by atoms with Gasteiger partial charge in [-0.25, -0.2) is 4.98 Å². The normalized spacial score (nSPS) is 15.7. The number of hydrogen-bond acceptors (Lipinski definition) is 3. The minimum absolute atomic E-state index is 0.128. The van der Waals surface area contributed by atoms with Crippen molar-refractivity contribution in [2.75, 3.05) is 5.32 Å². The molecule has 1 heterocycles. The van der Waals surface area contributed by atoms with Gasteiger partial charge in [-0.1, -0.05) is 43.0 Å². The van der Waals surface area contributed by atoms with E-state index in [1.165, 1.54) is 17.8 Å². The number of nitrogens with one attached hydrogen (secondary N) is 1. The molecule has 5 heteroatoms. The van der Waals surface area contributed by atoms with E-state index in [1.54, 1.807) is 0 Å². The Kier molecular flexibility index (Phi) is 5.11. The number of carbonyl (C=O) groups is 1. The number of rotatable bonds is 4. The van der Waals surface area contributed by atoms with E-state index in [0.29, 0.717) is 5.13 Å². The second kappa shape index (κ2) is 7.25.